The maximum atomic E-state index is 12.4. The summed E-state index contributed by atoms with van der Waals surface area (Å²) in [6.07, 6.45) is 0. The Morgan fingerprint density at radius 1 is 0.524 bits per heavy atom. The molecule has 0 fully saturated rings. The minimum Gasteiger partial charge on any atom is -0.0756 e. The topological polar surface area (TPSA) is 17.1 Å². The van der Waals surface area contributed by atoms with Crippen LogP contribution in [0.5, 0.6) is 0 Å². The van der Waals surface area contributed by atoms with Crippen LogP contribution in [0.25, 0.3) is 0 Å². The summed E-state index contributed by atoms with van der Waals surface area (Å²) in [7, 11) is -0.499. The fourth-order valence-corrected chi connectivity index (χ4v) is 3.59. The average Bonchev–Trinajstić information content (AvgIpc) is 2.59. The highest BCUT2D eigenvalue weighted by Gasteiger charge is 2.44. The molecule has 0 amide bonds. The summed E-state index contributed by atoms with van der Waals surface area (Å²) in [5.74, 6) is 0. The molecular weight excluding hydrogens is 275 g/mol. The Kier molecular flexibility index (Phi) is 3.94. The van der Waals surface area contributed by atoms with E-state index >= 15 is 0 Å². The summed E-state index contributed by atoms with van der Waals surface area (Å²) in [4.78, 5) is 0. The van der Waals surface area contributed by atoms with Crippen molar-refractivity contribution in [2.45, 2.75) is 5.16 Å². The van der Waals surface area contributed by atoms with Gasteiger partial charge in [-0.3, -0.25) is 0 Å². The van der Waals surface area contributed by atoms with E-state index in [1.807, 2.05) is 91.0 Å². The first-order valence-electron chi connectivity index (χ1n) is 6.94. The molecule has 0 aliphatic carbocycles. The first-order valence-corrected chi connectivity index (χ1v) is 7.84. The van der Waals surface area contributed by atoms with E-state index in [-0.39, 0.29) is 0 Å². The summed E-state index contributed by atoms with van der Waals surface area (Å²) in [6.45, 7) is 0. The molecule has 1 nitrogen and oxygen atoms in total. The van der Waals surface area contributed by atoms with Crippen LogP contribution in [-0.4, -0.2) is 0 Å². The lowest BCUT2D eigenvalue weighted by molar-refractivity contribution is 0.586. The molecule has 1 atom stereocenters. The molecule has 3 rings (SSSR count). The molecule has 21 heavy (non-hydrogen) atoms. The zero-order chi connectivity index (χ0) is 14.5. The molecule has 2 heteroatoms. The Morgan fingerprint density at radius 2 is 0.810 bits per heavy atom. The summed E-state index contributed by atoms with van der Waals surface area (Å²) >= 11 is 0. The Bertz CT molecular complexity index is 612. The van der Waals surface area contributed by atoms with Crippen LogP contribution >= 0.6 is 8.46 Å². The Balaban J connectivity index is 2.31. The van der Waals surface area contributed by atoms with Crippen molar-refractivity contribution in [3.8, 4) is 0 Å². The highest BCUT2D eigenvalue weighted by atomic mass is 31.1. The van der Waals surface area contributed by atoms with Crippen LogP contribution < -0.4 is 0 Å². The van der Waals surface area contributed by atoms with Gasteiger partial charge in [0.05, 0.1) is 0 Å². The fourth-order valence-electron chi connectivity index (χ4n) is 2.74. The van der Waals surface area contributed by atoms with Gasteiger partial charge in [-0.15, -0.1) is 0 Å². The lowest BCUT2D eigenvalue weighted by Gasteiger charge is -2.22. The van der Waals surface area contributed by atoms with E-state index in [0.29, 0.717) is 0 Å². The number of hydrogen-bond donors (Lipinski definition) is 0. The van der Waals surface area contributed by atoms with E-state index in [4.69, 9.17) is 0 Å². The molecule has 0 heterocycles. The Morgan fingerprint density at radius 3 is 1.05 bits per heavy atom. The van der Waals surface area contributed by atoms with Crippen molar-refractivity contribution in [1.29, 1.82) is 0 Å². The molecule has 0 aliphatic rings. The monoisotopic (exact) mass is 291 g/mol. The van der Waals surface area contributed by atoms with Gasteiger partial charge in [0.15, 0.2) is 0 Å². The second-order valence-corrected chi connectivity index (χ2v) is 5.90. The molecule has 0 bridgehead atoms. The van der Waals surface area contributed by atoms with Crippen LogP contribution in [0.1, 0.15) is 16.7 Å². The van der Waals surface area contributed by atoms with Crippen LogP contribution in [-0.2, 0) is 9.72 Å². The first-order chi connectivity index (χ1) is 10.4. The molecule has 3 aromatic rings. The van der Waals surface area contributed by atoms with Gasteiger partial charge in [0.1, 0.15) is 0 Å². The van der Waals surface area contributed by atoms with E-state index in [9.17, 15) is 4.57 Å². The van der Waals surface area contributed by atoms with Gasteiger partial charge in [-0.2, -0.15) is 0 Å². The van der Waals surface area contributed by atoms with E-state index in [1.54, 1.807) is 0 Å². The van der Waals surface area contributed by atoms with Crippen molar-refractivity contribution in [3.63, 3.8) is 0 Å². The Hall–Kier alpha value is -2.24. The number of hydrogen-bond acceptors (Lipinski definition) is 1. The molecule has 0 saturated heterocycles. The SMILES string of the molecule is O=[PH+]C(c1ccccc1)(c1ccccc1)c1ccccc1. The van der Waals surface area contributed by atoms with Crippen LogP contribution in [0.15, 0.2) is 91.0 Å². The van der Waals surface area contributed by atoms with Gasteiger partial charge >= 0.3 is 8.46 Å². The van der Waals surface area contributed by atoms with Crippen LogP contribution in [0, 0.1) is 0 Å². The quantitative estimate of drug-likeness (QED) is 0.488. The zero-order valence-corrected chi connectivity index (χ0v) is 12.6. The number of rotatable bonds is 4. The minimum absolute atomic E-state index is 0.499. The van der Waals surface area contributed by atoms with E-state index in [0.717, 1.165) is 16.7 Å². The lowest BCUT2D eigenvalue weighted by atomic mass is 9.84. The van der Waals surface area contributed by atoms with Crippen molar-refractivity contribution in [2.24, 2.45) is 0 Å². The van der Waals surface area contributed by atoms with Gasteiger partial charge in [0, 0.05) is 16.7 Å². The lowest BCUT2D eigenvalue weighted by Crippen LogP contribution is -2.22. The van der Waals surface area contributed by atoms with Gasteiger partial charge in [-0.25, -0.2) is 0 Å². The van der Waals surface area contributed by atoms with Gasteiger partial charge in [-0.1, -0.05) is 95.6 Å². The molecule has 0 N–H and O–H groups in total. The van der Waals surface area contributed by atoms with Crippen LogP contribution in [0.4, 0.5) is 0 Å². The molecule has 1 unspecified atom stereocenters. The van der Waals surface area contributed by atoms with Crippen LogP contribution in [0.2, 0.25) is 0 Å². The summed E-state index contributed by atoms with van der Waals surface area (Å²) in [5.41, 5.74) is 3.15. The third-order valence-electron chi connectivity index (χ3n) is 3.77. The zero-order valence-electron chi connectivity index (χ0n) is 11.6. The largest absolute Gasteiger partial charge is 0.345 e. The average molecular weight is 291 g/mol. The van der Waals surface area contributed by atoms with Crippen molar-refractivity contribution in [3.05, 3.63) is 108 Å². The van der Waals surface area contributed by atoms with Crippen molar-refractivity contribution < 1.29 is 4.57 Å². The van der Waals surface area contributed by atoms with Gasteiger partial charge in [0.25, 0.3) is 0 Å². The standard InChI is InChI=1S/C19H15OP/c20-21-19(16-10-4-1-5-11-16,17-12-6-2-7-13-17)18-14-8-3-9-15-18/h1-15H/p+1. The second-order valence-electron chi connectivity index (χ2n) is 4.95. The van der Waals surface area contributed by atoms with E-state index in [1.165, 1.54) is 0 Å². The minimum atomic E-state index is -0.607. The highest BCUT2D eigenvalue weighted by Crippen LogP contribution is 2.47. The molecule has 102 valence electrons. The van der Waals surface area contributed by atoms with Crippen molar-refractivity contribution in [1.82, 2.24) is 0 Å². The second kappa shape index (κ2) is 6.03. The number of benzene rings is 3. The van der Waals surface area contributed by atoms with E-state index in [2.05, 4.69) is 0 Å². The molecule has 3 aromatic carbocycles. The van der Waals surface area contributed by atoms with Crippen LogP contribution in [0.3, 0.4) is 0 Å². The highest BCUT2D eigenvalue weighted by molar-refractivity contribution is 7.26. The molecule has 0 spiro atoms. The van der Waals surface area contributed by atoms with Crippen molar-refractivity contribution in [2.75, 3.05) is 0 Å². The van der Waals surface area contributed by atoms with Gasteiger partial charge in [0.2, 0.25) is 5.16 Å². The fraction of sp³-hybridized carbons (Fsp3) is 0.0526. The van der Waals surface area contributed by atoms with Gasteiger partial charge in [-0.05, 0) is 0 Å². The summed E-state index contributed by atoms with van der Waals surface area (Å²) in [6, 6.07) is 30.2. The maximum Gasteiger partial charge on any atom is 0.345 e. The third-order valence-corrected chi connectivity index (χ3v) is 4.95. The predicted octanol–water partition coefficient (Wildman–Crippen LogP) is 5.00. The molecule has 0 saturated carbocycles. The van der Waals surface area contributed by atoms with Gasteiger partial charge < -0.3 is 0 Å². The first kappa shape index (κ1) is 13.7. The molecule has 0 aliphatic heterocycles. The Labute approximate surface area is 126 Å². The maximum absolute atomic E-state index is 12.4. The molecule has 0 aromatic heterocycles. The smallest absolute Gasteiger partial charge is 0.0756 e. The molecular formula is C19H16OP+. The summed E-state index contributed by atoms with van der Waals surface area (Å²) in [5, 5.41) is -0.607. The van der Waals surface area contributed by atoms with Crippen molar-refractivity contribution >= 4 is 8.46 Å². The van der Waals surface area contributed by atoms with E-state index < -0.39 is 13.6 Å². The normalized spacial score (nSPS) is 11.4. The summed E-state index contributed by atoms with van der Waals surface area (Å²) < 4.78 is 12.4. The molecule has 0 radical (unpaired) electrons. The third kappa shape index (κ3) is 2.41. The predicted molar refractivity (Wildman–Crippen MR) is 88.2 cm³/mol.